The van der Waals surface area contributed by atoms with Crippen LogP contribution in [0.3, 0.4) is 0 Å². The average molecular weight is 441 g/mol. The Hall–Kier alpha value is -2.42. The highest BCUT2D eigenvalue weighted by Crippen LogP contribution is 2.44. The van der Waals surface area contributed by atoms with Crippen LogP contribution in [0.15, 0.2) is 41.9 Å². The van der Waals surface area contributed by atoms with Crippen molar-refractivity contribution < 1.29 is 27.1 Å². The molecule has 0 spiro atoms. The second kappa shape index (κ2) is 7.68. The molecular weight excluding hydrogens is 423 g/mol. The molecule has 4 rings (SSSR count). The molecular formula is C21H18F5N2OS. The number of fused-ring (bicyclic) bond motifs is 1. The quantitative estimate of drug-likeness (QED) is 0.430. The monoisotopic (exact) mass is 441 g/mol. The topological polar surface area (TPSA) is 36.0 Å². The molecule has 1 radical (unpaired) electrons. The Bertz CT molecular complexity index is 1020. The lowest BCUT2D eigenvalue weighted by molar-refractivity contribution is -0.289. The Balaban J connectivity index is 1.40. The van der Waals surface area contributed by atoms with Crippen LogP contribution in [0, 0.1) is 5.92 Å². The van der Waals surface area contributed by atoms with Crippen LogP contribution < -0.4 is 4.90 Å². The molecule has 0 amide bonds. The Morgan fingerprint density at radius 2 is 1.70 bits per heavy atom. The summed E-state index contributed by atoms with van der Waals surface area (Å²) in [6.45, 7) is 1.45. The van der Waals surface area contributed by atoms with E-state index in [0.717, 1.165) is 59.5 Å². The number of rotatable bonds is 4. The fourth-order valence-corrected chi connectivity index (χ4v) is 4.61. The number of piperidine rings is 1. The molecule has 3 nitrogen and oxygen atoms in total. The maximum Gasteiger partial charge on any atom is 0.458 e. The van der Waals surface area contributed by atoms with Gasteiger partial charge in [0.25, 0.3) is 0 Å². The van der Waals surface area contributed by atoms with E-state index in [9.17, 15) is 27.1 Å². The molecule has 159 valence electrons. The Kier molecular flexibility index (Phi) is 5.34. The summed E-state index contributed by atoms with van der Waals surface area (Å²) in [4.78, 5) is 6.50. The lowest BCUT2D eigenvalue weighted by Gasteiger charge is -2.34. The fourth-order valence-electron chi connectivity index (χ4n) is 3.89. The number of hydrogen-bond donors (Lipinski definition) is 0. The molecule has 1 saturated heterocycles. The van der Waals surface area contributed by atoms with Gasteiger partial charge in [-0.15, -0.1) is 11.3 Å². The van der Waals surface area contributed by atoms with Gasteiger partial charge in [0.1, 0.15) is 5.52 Å². The fraction of sp³-hybridized carbons (Fsp3) is 0.381. The standard InChI is InChI=1S/C21H18F5N2OS/c22-20(23,21(24,25)26)15-3-1-13(2-4-15)9-14-5-7-28(8-6-14)17-10-16(29)11-18-19(17)27-12-30-18/h1-4,10-12,14H,5-9H2. The zero-order valence-electron chi connectivity index (χ0n) is 15.8. The first-order valence-corrected chi connectivity index (χ1v) is 10.4. The molecule has 0 aliphatic carbocycles. The number of anilines is 1. The number of nitrogens with zero attached hydrogens (tertiary/aromatic N) is 2. The van der Waals surface area contributed by atoms with Crippen molar-refractivity contribution in [1.82, 2.24) is 4.98 Å². The average Bonchev–Trinajstić information content (AvgIpc) is 3.16. The van der Waals surface area contributed by atoms with Crippen LogP contribution in [-0.2, 0) is 17.4 Å². The Labute approximate surface area is 173 Å². The van der Waals surface area contributed by atoms with Gasteiger partial charge in [0.2, 0.25) is 0 Å². The summed E-state index contributed by atoms with van der Waals surface area (Å²) in [6, 6.07) is 7.59. The third-order valence-corrected chi connectivity index (χ3v) is 6.32. The van der Waals surface area contributed by atoms with Gasteiger partial charge in [-0.05, 0) is 30.7 Å². The van der Waals surface area contributed by atoms with E-state index in [2.05, 4.69) is 9.88 Å². The van der Waals surface area contributed by atoms with E-state index in [1.807, 2.05) is 0 Å². The van der Waals surface area contributed by atoms with Gasteiger partial charge in [-0.25, -0.2) is 4.98 Å². The largest absolute Gasteiger partial charge is 0.458 e. The number of aromatic nitrogens is 1. The number of hydrogen-bond acceptors (Lipinski definition) is 3. The molecule has 2 aromatic carbocycles. The van der Waals surface area contributed by atoms with E-state index in [4.69, 9.17) is 0 Å². The molecule has 3 aromatic rings. The molecule has 1 fully saturated rings. The third kappa shape index (κ3) is 3.95. The zero-order chi connectivity index (χ0) is 21.5. The smallest absolute Gasteiger partial charge is 0.370 e. The van der Waals surface area contributed by atoms with Crippen molar-refractivity contribution in [1.29, 1.82) is 0 Å². The second-order valence-electron chi connectivity index (χ2n) is 7.55. The molecule has 1 aliphatic heterocycles. The Morgan fingerprint density at radius 3 is 2.33 bits per heavy atom. The van der Waals surface area contributed by atoms with Gasteiger partial charge in [-0.2, -0.15) is 22.0 Å². The number of benzene rings is 2. The predicted octanol–water partition coefficient (Wildman–Crippen LogP) is 6.55. The van der Waals surface area contributed by atoms with Crippen molar-refractivity contribution in [3.63, 3.8) is 0 Å². The summed E-state index contributed by atoms with van der Waals surface area (Å²) in [5, 5.41) is 11.9. The minimum atomic E-state index is -5.61. The lowest BCUT2D eigenvalue weighted by Crippen LogP contribution is -2.34. The van der Waals surface area contributed by atoms with Crippen LogP contribution in [0.1, 0.15) is 24.0 Å². The summed E-state index contributed by atoms with van der Waals surface area (Å²) in [5.74, 6) is -4.62. The van der Waals surface area contributed by atoms with Gasteiger partial charge < -0.3 is 4.90 Å². The summed E-state index contributed by atoms with van der Waals surface area (Å²) in [7, 11) is 0. The van der Waals surface area contributed by atoms with Crippen molar-refractivity contribution in [2.45, 2.75) is 31.4 Å². The number of thiazole rings is 1. The number of alkyl halides is 5. The van der Waals surface area contributed by atoms with E-state index in [1.54, 1.807) is 17.6 Å². The summed E-state index contributed by atoms with van der Waals surface area (Å²) in [6.07, 6.45) is -3.34. The third-order valence-electron chi connectivity index (χ3n) is 5.54. The Morgan fingerprint density at radius 1 is 1.03 bits per heavy atom. The SMILES string of the molecule is [O]c1cc(N2CCC(Cc3ccc(C(F)(F)C(F)(F)F)cc3)CC2)c2ncsc2c1. The van der Waals surface area contributed by atoms with Crippen LogP contribution in [0.25, 0.3) is 10.2 Å². The van der Waals surface area contributed by atoms with Gasteiger partial charge in [0.15, 0.2) is 5.75 Å². The maximum absolute atomic E-state index is 13.4. The maximum atomic E-state index is 13.4. The van der Waals surface area contributed by atoms with Gasteiger partial charge in [-0.3, -0.25) is 5.11 Å². The van der Waals surface area contributed by atoms with E-state index in [1.165, 1.54) is 23.5 Å². The molecule has 0 atom stereocenters. The first-order chi connectivity index (χ1) is 14.1. The molecule has 0 bridgehead atoms. The van der Waals surface area contributed by atoms with Gasteiger partial charge >= 0.3 is 12.1 Å². The molecule has 0 N–H and O–H groups in total. The predicted molar refractivity (Wildman–Crippen MR) is 105 cm³/mol. The van der Waals surface area contributed by atoms with Crippen molar-refractivity contribution in [2.75, 3.05) is 18.0 Å². The van der Waals surface area contributed by atoms with Crippen LogP contribution in [-0.4, -0.2) is 24.2 Å². The van der Waals surface area contributed by atoms with Crippen LogP contribution in [0.5, 0.6) is 5.75 Å². The minimum absolute atomic E-state index is 0.0559. The van der Waals surface area contributed by atoms with E-state index in [-0.39, 0.29) is 11.7 Å². The second-order valence-corrected chi connectivity index (χ2v) is 8.43. The first-order valence-electron chi connectivity index (χ1n) is 9.48. The normalized spacial score (nSPS) is 16.4. The highest BCUT2D eigenvalue weighted by atomic mass is 32.1. The van der Waals surface area contributed by atoms with Crippen molar-refractivity contribution in [3.05, 3.63) is 53.0 Å². The van der Waals surface area contributed by atoms with Gasteiger partial charge in [0.05, 0.1) is 15.9 Å². The van der Waals surface area contributed by atoms with Gasteiger partial charge in [-0.1, -0.05) is 24.3 Å². The van der Waals surface area contributed by atoms with Crippen LogP contribution >= 0.6 is 11.3 Å². The molecule has 9 heteroatoms. The minimum Gasteiger partial charge on any atom is -0.370 e. The van der Waals surface area contributed by atoms with Crippen LogP contribution in [0.2, 0.25) is 0 Å². The lowest BCUT2D eigenvalue weighted by atomic mass is 9.89. The summed E-state index contributed by atoms with van der Waals surface area (Å²) >= 11 is 1.42. The van der Waals surface area contributed by atoms with Crippen molar-refractivity contribution in [2.24, 2.45) is 5.92 Å². The van der Waals surface area contributed by atoms with Crippen LogP contribution in [0.4, 0.5) is 27.6 Å². The summed E-state index contributed by atoms with van der Waals surface area (Å²) in [5.41, 5.74) is 3.05. The van der Waals surface area contributed by atoms with E-state index in [0.29, 0.717) is 6.42 Å². The zero-order valence-corrected chi connectivity index (χ0v) is 16.6. The number of halogens is 5. The molecule has 0 saturated carbocycles. The first kappa shape index (κ1) is 20.8. The molecule has 1 aromatic heterocycles. The molecule has 1 aliphatic rings. The van der Waals surface area contributed by atoms with E-state index >= 15 is 0 Å². The van der Waals surface area contributed by atoms with Gasteiger partial charge in [0, 0.05) is 30.8 Å². The summed E-state index contributed by atoms with van der Waals surface area (Å²) < 4.78 is 65.2. The van der Waals surface area contributed by atoms with E-state index < -0.39 is 17.7 Å². The highest BCUT2D eigenvalue weighted by Gasteiger charge is 2.58. The highest BCUT2D eigenvalue weighted by molar-refractivity contribution is 7.16. The molecule has 30 heavy (non-hydrogen) atoms. The van der Waals surface area contributed by atoms with Crippen molar-refractivity contribution in [3.8, 4) is 5.75 Å². The molecule has 2 heterocycles. The van der Waals surface area contributed by atoms with Crippen molar-refractivity contribution >= 4 is 27.2 Å². The molecule has 0 unspecified atom stereocenters.